The van der Waals surface area contributed by atoms with Crippen molar-refractivity contribution in [2.75, 3.05) is 19.7 Å². The topological polar surface area (TPSA) is 59.5 Å². The zero-order chi connectivity index (χ0) is 15.6. The molecule has 1 unspecified atom stereocenters. The largest absolute Gasteiger partial charge is 0.466 e. The van der Waals surface area contributed by atoms with E-state index in [1.807, 2.05) is 27.7 Å². The Labute approximate surface area is 129 Å². The van der Waals surface area contributed by atoms with Gasteiger partial charge in [-0.2, -0.15) is 0 Å². The van der Waals surface area contributed by atoms with Gasteiger partial charge in [-0.3, -0.25) is 9.59 Å². The number of carbonyl (C=O) groups is 2. The number of hydrogen-bond acceptors (Lipinski definition) is 5. The molecule has 2 heterocycles. The van der Waals surface area contributed by atoms with Gasteiger partial charge in [0.1, 0.15) is 4.88 Å². The lowest BCUT2D eigenvalue weighted by Crippen LogP contribution is -2.41. The maximum absolute atomic E-state index is 12.5. The third kappa shape index (κ3) is 2.95. The van der Waals surface area contributed by atoms with E-state index in [1.54, 1.807) is 11.1 Å². The molecule has 0 bridgehead atoms. The van der Waals surface area contributed by atoms with Crippen LogP contribution in [-0.4, -0.2) is 41.5 Å². The van der Waals surface area contributed by atoms with Gasteiger partial charge in [0.25, 0.3) is 5.91 Å². The number of esters is 1. The highest BCUT2D eigenvalue weighted by molar-refractivity contribution is 7.13. The van der Waals surface area contributed by atoms with Gasteiger partial charge in [0, 0.05) is 13.1 Å². The molecule has 0 radical (unpaired) electrons. The van der Waals surface area contributed by atoms with Crippen molar-refractivity contribution in [2.45, 2.75) is 34.1 Å². The Morgan fingerprint density at radius 2 is 2.24 bits per heavy atom. The molecule has 1 aromatic rings. The average molecular weight is 310 g/mol. The van der Waals surface area contributed by atoms with Gasteiger partial charge in [-0.15, -0.1) is 11.3 Å². The molecule has 1 aliphatic rings. The van der Waals surface area contributed by atoms with Crippen molar-refractivity contribution in [1.29, 1.82) is 0 Å². The van der Waals surface area contributed by atoms with Crippen LogP contribution in [0, 0.1) is 18.3 Å². The molecule has 116 valence electrons. The molecule has 5 nitrogen and oxygen atoms in total. The number of aromatic nitrogens is 1. The third-order valence-electron chi connectivity index (χ3n) is 4.21. The highest BCUT2D eigenvalue weighted by Crippen LogP contribution is 2.39. The number of likely N-dealkylation sites (tertiary alicyclic amines) is 1. The van der Waals surface area contributed by atoms with Crippen LogP contribution in [0.5, 0.6) is 0 Å². The summed E-state index contributed by atoms with van der Waals surface area (Å²) in [4.78, 5) is 31.4. The molecule has 0 spiro atoms. The minimum Gasteiger partial charge on any atom is -0.466 e. The summed E-state index contributed by atoms with van der Waals surface area (Å²) in [5.74, 6) is -0.0826. The third-order valence-corrected chi connectivity index (χ3v) is 5.11. The molecule has 1 aliphatic heterocycles. The first-order valence-corrected chi connectivity index (χ1v) is 8.11. The lowest BCUT2D eigenvalue weighted by Gasteiger charge is -2.30. The van der Waals surface area contributed by atoms with E-state index in [2.05, 4.69) is 4.98 Å². The van der Waals surface area contributed by atoms with E-state index in [0.29, 0.717) is 31.0 Å². The SMILES string of the molecule is CCOC(=O)C1(C(C)C)CCN(C(=O)c2cnc(C)s2)C1. The fraction of sp³-hybridized carbons (Fsp3) is 0.667. The highest BCUT2D eigenvalue weighted by Gasteiger charge is 2.49. The zero-order valence-electron chi connectivity index (χ0n) is 13.0. The lowest BCUT2D eigenvalue weighted by atomic mass is 9.76. The monoisotopic (exact) mass is 310 g/mol. The molecule has 0 N–H and O–H groups in total. The van der Waals surface area contributed by atoms with Gasteiger partial charge in [-0.1, -0.05) is 13.8 Å². The predicted molar refractivity (Wildman–Crippen MR) is 81.3 cm³/mol. The fourth-order valence-corrected chi connectivity index (χ4v) is 3.52. The molecule has 6 heteroatoms. The lowest BCUT2D eigenvalue weighted by molar-refractivity contribution is -0.157. The summed E-state index contributed by atoms with van der Waals surface area (Å²) in [5.41, 5.74) is -0.578. The average Bonchev–Trinajstić information content (AvgIpc) is 3.05. The van der Waals surface area contributed by atoms with Crippen molar-refractivity contribution in [2.24, 2.45) is 11.3 Å². The van der Waals surface area contributed by atoms with Crippen LogP contribution in [0.1, 0.15) is 41.9 Å². The van der Waals surface area contributed by atoms with Crippen molar-refractivity contribution in [3.63, 3.8) is 0 Å². The van der Waals surface area contributed by atoms with E-state index in [-0.39, 0.29) is 17.8 Å². The number of amides is 1. The quantitative estimate of drug-likeness (QED) is 0.802. The van der Waals surface area contributed by atoms with Gasteiger partial charge in [-0.25, -0.2) is 4.98 Å². The molecule has 21 heavy (non-hydrogen) atoms. The van der Waals surface area contributed by atoms with Crippen LogP contribution in [0.4, 0.5) is 0 Å². The van der Waals surface area contributed by atoms with E-state index in [1.165, 1.54) is 11.3 Å². The zero-order valence-corrected chi connectivity index (χ0v) is 13.8. The number of aryl methyl sites for hydroxylation is 1. The Balaban J connectivity index is 2.16. The molecule has 0 aliphatic carbocycles. The Morgan fingerprint density at radius 1 is 1.52 bits per heavy atom. The Bertz CT molecular complexity index is 541. The maximum Gasteiger partial charge on any atom is 0.314 e. The van der Waals surface area contributed by atoms with E-state index in [0.717, 1.165) is 5.01 Å². The van der Waals surface area contributed by atoms with Gasteiger partial charge in [0.15, 0.2) is 0 Å². The molecule has 1 amide bonds. The molecule has 1 fully saturated rings. The molecule has 2 rings (SSSR count). The van der Waals surface area contributed by atoms with Gasteiger partial charge in [-0.05, 0) is 26.2 Å². The molecule has 1 atom stereocenters. The van der Waals surface area contributed by atoms with Crippen LogP contribution in [-0.2, 0) is 9.53 Å². The van der Waals surface area contributed by atoms with Crippen molar-refractivity contribution in [1.82, 2.24) is 9.88 Å². The van der Waals surface area contributed by atoms with Crippen LogP contribution >= 0.6 is 11.3 Å². The molecule has 0 saturated carbocycles. The molecular formula is C15H22N2O3S. The second-order valence-corrected chi connectivity index (χ2v) is 6.99. The van der Waals surface area contributed by atoms with E-state index in [4.69, 9.17) is 4.74 Å². The Morgan fingerprint density at radius 3 is 2.76 bits per heavy atom. The van der Waals surface area contributed by atoms with Crippen molar-refractivity contribution in [3.8, 4) is 0 Å². The van der Waals surface area contributed by atoms with Gasteiger partial charge in [0.2, 0.25) is 0 Å². The number of carbonyl (C=O) groups excluding carboxylic acids is 2. The number of rotatable bonds is 4. The first-order valence-electron chi connectivity index (χ1n) is 7.29. The van der Waals surface area contributed by atoms with E-state index < -0.39 is 5.41 Å². The van der Waals surface area contributed by atoms with Crippen molar-refractivity contribution in [3.05, 3.63) is 16.1 Å². The van der Waals surface area contributed by atoms with Crippen LogP contribution in [0.15, 0.2) is 6.20 Å². The van der Waals surface area contributed by atoms with Gasteiger partial charge >= 0.3 is 5.97 Å². The summed E-state index contributed by atoms with van der Waals surface area (Å²) < 4.78 is 5.24. The Kier molecular flexibility index (Phi) is 4.66. The number of thiazole rings is 1. The summed E-state index contributed by atoms with van der Waals surface area (Å²) >= 11 is 1.39. The summed E-state index contributed by atoms with van der Waals surface area (Å²) in [6, 6.07) is 0. The van der Waals surface area contributed by atoms with Crippen molar-refractivity contribution < 1.29 is 14.3 Å². The highest BCUT2D eigenvalue weighted by atomic mass is 32.1. The first-order chi connectivity index (χ1) is 9.90. The molecule has 0 aromatic carbocycles. The second kappa shape index (κ2) is 6.13. The summed E-state index contributed by atoms with van der Waals surface area (Å²) in [6.45, 7) is 9.11. The standard InChI is InChI=1S/C15H22N2O3S/c1-5-20-14(19)15(10(2)3)6-7-17(9-15)13(18)12-8-16-11(4)21-12/h8,10H,5-7,9H2,1-4H3. The number of hydrogen-bond donors (Lipinski definition) is 0. The van der Waals surface area contributed by atoms with Crippen LogP contribution in [0.2, 0.25) is 0 Å². The summed E-state index contributed by atoms with van der Waals surface area (Å²) in [6.07, 6.45) is 2.27. The van der Waals surface area contributed by atoms with Crippen LogP contribution in [0.3, 0.4) is 0 Å². The van der Waals surface area contributed by atoms with Gasteiger partial charge < -0.3 is 9.64 Å². The van der Waals surface area contributed by atoms with E-state index >= 15 is 0 Å². The van der Waals surface area contributed by atoms with Crippen molar-refractivity contribution >= 4 is 23.2 Å². The number of ether oxygens (including phenoxy) is 1. The molecule has 1 aromatic heterocycles. The van der Waals surface area contributed by atoms with Gasteiger partial charge in [0.05, 0.1) is 23.2 Å². The molecule has 1 saturated heterocycles. The number of nitrogens with zero attached hydrogens (tertiary/aromatic N) is 2. The second-order valence-electron chi connectivity index (χ2n) is 5.75. The smallest absolute Gasteiger partial charge is 0.314 e. The maximum atomic E-state index is 12.5. The first kappa shape index (κ1) is 15.9. The summed E-state index contributed by atoms with van der Waals surface area (Å²) in [7, 11) is 0. The predicted octanol–water partition coefficient (Wildman–Crippen LogP) is 2.50. The molecular weight excluding hydrogens is 288 g/mol. The minimum atomic E-state index is -0.578. The Hall–Kier alpha value is -1.43. The van der Waals surface area contributed by atoms with E-state index in [9.17, 15) is 9.59 Å². The normalized spacial score (nSPS) is 21.9. The summed E-state index contributed by atoms with van der Waals surface area (Å²) in [5, 5.41) is 0.873. The minimum absolute atomic E-state index is 0.0348. The van der Waals surface area contributed by atoms with Crippen LogP contribution in [0.25, 0.3) is 0 Å². The fourth-order valence-electron chi connectivity index (χ4n) is 2.77. The van der Waals surface area contributed by atoms with Crippen LogP contribution < -0.4 is 0 Å².